The van der Waals surface area contributed by atoms with Gasteiger partial charge in [0.1, 0.15) is 0 Å². The topological polar surface area (TPSA) is 0 Å². The van der Waals surface area contributed by atoms with Crippen LogP contribution < -0.4 is 0 Å². The van der Waals surface area contributed by atoms with Crippen LogP contribution in [0.1, 0.15) is 15.3 Å². The molecule has 0 aliphatic heterocycles. The van der Waals surface area contributed by atoms with E-state index in [1.807, 2.05) is 25.2 Å². The van der Waals surface area contributed by atoms with E-state index in [2.05, 4.69) is 48.5 Å². The van der Waals surface area contributed by atoms with Gasteiger partial charge in [-0.25, -0.2) is 0 Å². The van der Waals surface area contributed by atoms with E-state index in [4.69, 9.17) is 0 Å². The van der Waals surface area contributed by atoms with E-state index in [0.717, 1.165) is 0 Å². The summed E-state index contributed by atoms with van der Waals surface area (Å²) in [6, 6.07) is 17.1. The van der Waals surface area contributed by atoms with Gasteiger partial charge in [-0.2, -0.15) is 0 Å². The van der Waals surface area contributed by atoms with Gasteiger partial charge in [0.2, 0.25) is 0 Å². The number of hydrogen-bond acceptors (Lipinski definition) is 1. The molecule has 1 aromatic heterocycles. The van der Waals surface area contributed by atoms with Crippen LogP contribution in [0.25, 0.3) is 20.2 Å². The van der Waals surface area contributed by atoms with E-state index >= 15 is 0 Å². The summed E-state index contributed by atoms with van der Waals surface area (Å²) in [6.45, 7) is 4.00. The maximum Gasteiger partial charge on any atom is 0.0355 e. The molecular formula is C14H16S. The van der Waals surface area contributed by atoms with Gasteiger partial charge in [0, 0.05) is 21.6 Å². The zero-order valence-electron chi connectivity index (χ0n) is 9.03. The van der Waals surface area contributed by atoms with Crippen molar-refractivity contribution in [1.29, 1.82) is 0 Å². The molecular weight excluding hydrogens is 200 g/mol. The van der Waals surface area contributed by atoms with Gasteiger partial charge >= 0.3 is 0 Å². The smallest absolute Gasteiger partial charge is 0.0355 e. The number of fused-ring (bicyclic) bond motifs is 3. The predicted octanol–water partition coefficient (Wildman–Crippen LogP) is 5.33. The van der Waals surface area contributed by atoms with E-state index in [-0.39, 0.29) is 1.43 Å². The molecule has 3 rings (SSSR count). The van der Waals surface area contributed by atoms with Crippen molar-refractivity contribution in [2.75, 3.05) is 0 Å². The summed E-state index contributed by atoms with van der Waals surface area (Å²) in [7, 11) is 0. The van der Waals surface area contributed by atoms with E-state index in [1.54, 1.807) is 0 Å². The highest BCUT2D eigenvalue weighted by Crippen LogP contribution is 2.32. The molecule has 1 heterocycles. The molecule has 0 spiro atoms. The molecule has 0 unspecified atom stereocenters. The van der Waals surface area contributed by atoms with Crippen molar-refractivity contribution >= 4 is 31.5 Å². The molecule has 78 valence electrons. The molecule has 15 heavy (non-hydrogen) atoms. The number of thiophene rings is 1. The van der Waals surface area contributed by atoms with Gasteiger partial charge in [-0.3, -0.25) is 0 Å². The Labute approximate surface area is 95.7 Å². The third kappa shape index (κ3) is 1.75. The first-order valence-corrected chi connectivity index (χ1v) is 6.13. The lowest BCUT2D eigenvalue weighted by Gasteiger charge is -1.88. The number of rotatable bonds is 0. The molecule has 0 fully saturated rings. The van der Waals surface area contributed by atoms with E-state index in [0.29, 0.717) is 0 Å². The molecule has 2 aromatic carbocycles. The highest BCUT2D eigenvalue weighted by atomic mass is 32.1. The van der Waals surface area contributed by atoms with Crippen molar-refractivity contribution in [2.45, 2.75) is 13.8 Å². The molecule has 0 aliphatic rings. The van der Waals surface area contributed by atoms with Crippen molar-refractivity contribution in [2.24, 2.45) is 0 Å². The van der Waals surface area contributed by atoms with Crippen molar-refractivity contribution in [3.8, 4) is 0 Å². The Balaban J connectivity index is 0.000000406. The van der Waals surface area contributed by atoms with Gasteiger partial charge in [-0.15, -0.1) is 11.3 Å². The fourth-order valence-electron chi connectivity index (χ4n) is 1.67. The number of benzene rings is 2. The third-order valence-electron chi connectivity index (χ3n) is 2.28. The zero-order valence-corrected chi connectivity index (χ0v) is 9.84. The van der Waals surface area contributed by atoms with Gasteiger partial charge in [0.05, 0.1) is 0 Å². The molecule has 0 atom stereocenters. The molecule has 0 amide bonds. The monoisotopic (exact) mass is 216 g/mol. The van der Waals surface area contributed by atoms with E-state index in [9.17, 15) is 0 Å². The summed E-state index contributed by atoms with van der Waals surface area (Å²) < 4.78 is 2.76. The summed E-state index contributed by atoms with van der Waals surface area (Å²) in [5, 5.41) is 2.76. The zero-order chi connectivity index (χ0) is 10.7. The summed E-state index contributed by atoms with van der Waals surface area (Å²) in [5.74, 6) is 0. The van der Waals surface area contributed by atoms with Crippen LogP contribution in [-0.4, -0.2) is 0 Å². The highest BCUT2D eigenvalue weighted by Gasteiger charge is 2.01. The summed E-state index contributed by atoms with van der Waals surface area (Å²) >= 11 is 1.86. The van der Waals surface area contributed by atoms with Gasteiger partial charge in [-0.1, -0.05) is 50.2 Å². The Bertz CT molecular complexity index is 518. The molecule has 0 radical (unpaired) electrons. The molecule has 3 aromatic rings. The quantitative estimate of drug-likeness (QED) is 0.476. The van der Waals surface area contributed by atoms with Gasteiger partial charge in [-0.05, 0) is 12.1 Å². The second-order valence-electron chi connectivity index (χ2n) is 3.09. The van der Waals surface area contributed by atoms with Crippen LogP contribution in [0.4, 0.5) is 0 Å². The minimum atomic E-state index is 0. The SMILES string of the molecule is CC.[HH].c1ccc2c(c1)sc1ccccc12. The van der Waals surface area contributed by atoms with Crippen LogP contribution in [0.15, 0.2) is 48.5 Å². The lowest BCUT2D eigenvalue weighted by molar-refractivity contribution is 1.50. The lowest BCUT2D eigenvalue weighted by atomic mass is 10.2. The maximum absolute atomic E-state index is 2.19. The standard InChI is InChI=1S/C12H8S.C2H6.H2/c1-3-7-11-9(5-1)10-6-2-4-8-12(10)13-11;1-2;/h1-8H;1-2H3;1H. The maximum atomic E-state index is 2.19. The number of hydrogen-bond donors (Lipinski definition) is 0. The van der Waals surface area contributed by atoms with E-state index in [1.165, 1.54) is 20.2 Å². The Morgan fingerprint density at radius 2 is 1.13 bits per heavy atom. The molecule has 0 saturated carbocycles. The first kappa shape index (κ1) is 10.2. The van der Waals surface area contributed by atoms with Crippen molar-refractivity contribution in [3.63, 3.8) is 0 Å². The summed E-state index contributed by atoms with van der Waals surface area (Å²) in [5.41, 5.74) is 0. The highest BCUT2D eigenvalue weighted by molar-refractivity contribution is 7.25. The van der Waals surface area contributed by atoms with Crippen molar-refractivity contribution in [3.05, 3.63) is 48.5 Å². The van der Waals surface area contributed by atoms with Gasteiger partial charge in [0.25, 0.3) is 0 Å². The Hall–Kier alpha value is -1.34. The Kier molecular flexibility index (Phi) is 3.02. The van der Waals surface area contributed by atoms with Crippen LogP contribution in [0.3, 0.4) is 0 Å². The summed E-state index contributed by atoms with van der Waals surface area (Å²) in [6.07, 6.45) is 0. The van der Waals surface area contributed by atoms with Gasteiger partial charge < -0.3 is 0 Å². The largest absolute Gasteiger partial charge is 0.135 e. The minimum absolute atomic E-state index is 0. The first-order chi connectivity index (χ1) is 7.45. The van der Waals surface area contributed by atoms with Crippen molar-refractivity contribution in [1.82, 2.24) is 0 Å². The fourth-order valence-corrected chi connectivity index (χ4v) is 2.78. The van der Waals surface area contributed by atoms with Gasteiger partial charge in [0.15, 0.2) is 0 Å². The van der Waals surface area contributed by atoms with E-state index < -0.39 is 0 Å². The molecule has 0 nitrogen and oxygen atoms in total. The average Bonchev–Trinajstić information content (AvgIpc) is 2.70. The van der Waals surface area contributed by atoms with Crippen LogP contribution in [0, 0.1) is 0 Å². The predicted molar refractivity (Wildman–Crippen MR) is 72.8 cm³/mol. The average molecular weight is 216 g/mol. The third-order valence-corrected chi connectivity index (χ3v) is 3.44. The fraction of sp³-hybridized carbons (Fsp3) is 0.143. The molecule has 0 N–H and O–H groups in total. The Morgan fingerprint density at radius 1 is 0.733 bits per heavy atom. The summed E-state index contributed by atoms with van der Waals surface area (Å²) in [4.78, 5) is 0. The normalized spacial score (nSPS) is 10.0. The molecule has 0 saturated heterocycles. The Morgan fingerprint density at radius 3 is 1.60 bits per heavy atom. The second kappa shape index (κ2) is 4.45. The minimum Gasteiger partial charge on any atom is -0.135 e. The van der Waals surface area contributed by atoms with Crippen LogP contribution in [0.5, 0.6) is 0 Å². The van der Waals surface area contributed by atoms with Crippen LogP contribution in [-0.2, 0) is 0 Å². The lowest BCUT2D eigenvalue weighted by Crippen LogP contribution is -1.62. The molecule has 0 bridgehead atoms. The molecule has 1 heteroatoms. The van der Waals surface area contributed by atoms with Crippen molar-refractivity contribution < 1.29 is 1.43 Å². The second-order valence-corrected chi connectivity index (χ2v) is 4.18. The first-order valence-electron chi connectivity index (χ1n) is 5.31. The molecule has 0 aliphatic carbocycles. The van der Waals surface area contributed by atoms with Crippen LogP contribution in [0.2, 0.25) is 0 Å². The van der Waals surface area contributed by atoms with Crippen LogP contribution >= 0.6 is 11.3 Å².